The summed E-state index contributed by atoms with van der Waals surface area (Å²) < 4.78 is 74.7. The molecule has 13 heteroatoms. The van der Waals surface area contributed by atoms with Crippen molar-refractivity contribution in [1.82, 2.24) is 4.57 Å². The smallest absolute Gasteiger partial charge is 0.434 e. The van der Waals surface area contributed by atoms with E-state index >= 15 is 0 Å². The maximum atomic E-state index is 14.4. The van der Waals surface area contributed by atoms with Gasteiger partial charge in [-0.3, -0.25) is 9.36 Å². The van der Waals surface area contributed by atoms with Crippen molar-refractivity contribution in [3.63, 3.8) is 0 Å². The Morgan fingerprint density at radius 3 is 2.48 bits per heavy atom. The predicted octanol–water partition coefficient (Wildman–Crippen LogP) is 5.72. The molecule has 0 saturated heterocycles. The van der Waals surface area contributed by atoms with Gasteiger partial charge in [0, 0.05) is 16.1 Å². The molecule has 7 nitrogen and oxygen atoms in total. The van der Waals surface area contributed by atoms with Crippen LogP contribution in [0, 0.1) is 5.82 Å². The molecule has 0 aliphatic carbocycles. The SMILES string of the molecule is CCOC(=O)C1=C(C(F)(F)F)N=c2s/c(=C\c3cccc(OC)c3OCc3ccccc3F)c(=O)n2[C@@H]1c1ccc(Cl)cc1. The van der Waals surface area contributed by atoms with Crippen LogP contribution in [0.2, 0.25) is 5.02 Å². The van der Waals surface area contributed by atoms with Gasteiger partial charge >= 0.3 is 12.1 Å². The van der Waals surface area contributed by atoms with Gasteiger partial charge in [-0.05, 0) is 42.8 Å². The first-order chi connectivity index (χ1) is 21.0. The van der Waals surface area contributed by atoms with Gasteiger partial charge in [-0.15, -0.1) is 0 Å². The Balaban J connectivity index is 1.71. The zero-order chi connectivity index (χ0) is 31.6. The molecule has 1 aliphatic heterocycles. The van der Waals surface area contributed by atoms with Crippen molar-refractivity contribution in [2.45, 2.75) is 25.7 Å². The van der Waals surface area contributed by atoms with Crippen LogP contribution in [0.25, 0.3) is 6.08 Å². The highest BCUT2D eigenvalue weighted by molar-refractivity contribution is 7.07. The summed E-state index contributed by atoms with van der Waals surface area (Å²) in [6, 6.07) is 15.1. The molecule has 5 rings (SSSR count). The third-order valence-electron chi connectivity index (χ3n) is 6.63. The van der Waals surface area contributed by atoms with Crippen LogP contribution >= 0.6 is 22.9 Å². The summed E-state index contributed by atoms with van der Waals surface area (Å²) in [6.07, 6.45) is -3.62. The summed E-state index contributed by atoms with van der Waals surface area (Å²) >= 11 is 6.73. The normalized spacial score (nSPS) is 15.1. The van der Waals surface area contributed by atoms with Crippen LogP contribution in [0.1, 0.15) is 29.7 Å². The molecule has 4 aromatic rings. The molecule has 1 aromatic heterocycles. The summed E-state index contributed by atoms with van der Waals surface area (Å²) in [5.41, 5.74) is -2.18. The topological polar surface area (TPSA) is 79.1 Å². The number of nitrogens with zero attached hydrogens (tertiary/aromatic N) is 2. The first-order valence-electron chi connectivity index (χ1n) is 13.1. The molecule has 44 heavy (non-hydrogen) atoms. The van der Waals surface area contributed by atoms with Crippen LogP contribution in [0.15, 0.2) is 87.8 Å². The average Bonchev–Trinajstić information content (AvgIpc) is 3.30. The monoisotopic (exact) mass is 646 g/mol. The van der Waals surface area contributed by atoms with Crippen molar-refractivity contribution >= 4 is 35.0 Å². The highest BCUT2D eigenvalue weighted by atomic mass is 35.5. The average molecular weight is 647 g/mol. The Morgan fingerprint density at radius 2 is 1.82 bits per heavy atom. The number of aromatic nitrogens is 1. The molecule has 3 aromatic carbocycles. The number of hydrogen-bond acceptors (Lipinski definition) is 7. The molecule has 1 aliphatic rings. The minimum Gasteiger partial charge on any atom is -0.493 e. The van der Waals surface area contributed by atoms with Crippen LogP contribution in [-0.2, 0) is 16.1 Å². The minimum atomic E-state index is -5.04. The van der Waals surface area contributed by atoms with E-state index in [0.29, 0.717) is 21.9 Å². The van der Waals surface area contributed by atoms with Gasteiger partial charge in [0.15, 0.2) is 22.0 Å². The lowest BCUT2D eigenvalue weighted by Crippen LogP contribution is -2.41. The fourth-order valence-corrected chi connectivity index (χ4v) is 5.79. The standard InChI is InChI=1S/C31H23ClF4N2O5S/c1-3-42-29(40)24-25(17-11-13-20(32)14-12-17)38-28(39)23(44-30(38)37-27(24)31(34,35)36)15-18-8-6-10-22(41-2)26(18)43-16-19-7-4-5-9-21(19)33/h4-15,25H,3,16H2,1-2H3/b23-15-/t25-/m1/s1. The fourth-order valence-electron chi connectivity index (χ4n) is 4.67. The number of carbonyl (C=O) groups is 1. The maximum absolute atomic E-state index is 14.4. The van der Waals surface area contributed by atoms with Crippen LogP contribution in [0.5, 0.6) is 11.5 Å². The summed E-state index contributed by atoms with van der Waals surface area (Å²) in [5.74, 6) is -1.26. The van der Waals surface area contributed by atoms with Crippen LogP contribution in [0.3, 0.4) is 0 Å². The summed E-state index contributed by atoms with van der Waals surface area (Å²) in [5, 5.41) is 0.305. The number of rotatable bonds is 8. The largest absolute Gasteiger partial charge is 0.493 e. The maximum Gasteiger partial charge on any atom is 0.434 e. The number of ether oxygens (including phenoxy) is 3. The second-order valence-corrected chi connectivity index (χ2v) is 10.8. The number of benzene rings is 3. The fraction of sp³-hybridized carbons (Fsp3) is 0.194. The number of halogens is 5. The Morgan fingerprint density at radius 1 is 1.09 bits per heavy atom. The molecule has 0 bridgehead atoms. The zero-order valence-electron chi connectivity index (χ0n) is 23.2. The Hall–Kier alpha value is -4.42. The van der Waals surface area contributed by atoms with Crippen molar-refractivity contribution in [2.75, 3.05) is 13.7 Å². The highest BCUT2D eigenvalue weighted by Gasteiger charge is 2.45. The van der Waals surface area contributed by atoms with Gasteiger partial charge in [0.2, 0.25) is 0 Å². The minimum absolute atomic E-state index is 0.00154. The van der Waals surface area contributed by atoms with Gasteiger partial charge in [-0.1, -0.05) is 65.4 Å². The number of para-hydroxylation sites is 1. The summed E-state index contributed by atoms with van der Waals surface area (Å²) in [4.78, 5) is 30.4. The number of hydrogen-bond donors (Lipinski definition) is 0. The first kappa shape index (κ1) is 31.0. The van der Waals surface area contributed by atoms with Crippen LogP contribution in [0.4, 0.5) is 17.6 Å². The molecule has 0 radical (unpaired) electrons. The van der Waals surface area contributed by atoms with E-state index in [-0.39, 0.29) is 45.2 Å². The van der Waals surface area contributed by atoms with Crippen molar-refractivity contribution < 1.29 is 36.6 Å². The zero-order valence-corrected chi connectivity index (χ0v) is 24.7. The van der Waals surface area contributed by atoms with Gasteiger partial charge in [0.25, 0.3) is 5.56 Å². The van der Waals surface area contributed by atoms with Crippen molar-refractivity contribution in [3.05, 3.63) is 125 Å². The van der Waals surface area contributed by atoms with E-state index in [1.54, 1.807) is 36.4 Å². The van der Waals surface area contributed by atoms with Gasteiger partial charge in [-0.25, -0.2) is 14.2 Å². The van der Waals surface area contributed by atoms with Crippen LogP contribution < -0.4 is 24.4 Å². The molecule has 0 saturated carbocycles. The van der Waals surface area contributed by atoms with Crippen molar-refractivity contribution in [1.29, 1.82) is 0 Å². The van der Waals surface area contributed by atoms with E-state index in [0.717, 1.165) is 4.57 Å². The molecule has 0 fully saturated rings. The molecule has 0 amide bonds. The number of allylic oxidation sites excluding steroid dienone is 1. The number of alkyl halides is 3. The molecular weight excluding hydrogens is 624 g/mol. The van der Waals surface area contributed by atoms with Gasteiger partial charge in [0.1, 0.15) is 12.4 Å². The number of methoxy groups -OCH3 is 1. The molecular formula is C31H23ClF4N2O5S. The van der Waals surface area contributed by atoms with Gasteiger partial charge in [-0.2, -0.15) is 13.2 Å². The van der Waals surface area contributed by atoms with E-state index in [1.165, 1.54) is 50.4 Å². The van der Waals surface area contributed by atoms with Gasteiger partial charge in [0.05, 0.1) is 29.9 Å². The Labute approximate surface area is 256 Å². The predicted molar refractivity (Wildman–Crippen MR) is 156 cm³/mol. The number of esters is 1. The summed E-state index contributed by atoms with van der Waals surface area (Å²) in [7, 11) is 1.41. The Kier molecular flexibility index (Phi) is 8.93. The van der Waals surface area contributed by atoms with Crippen LogP contribution in [-0.4, -0.2) is 30.4 Å². The molecule has 1 atom stereocenters. The van der Waals surface area contributed by atoms with Crippen molar-refractivity contribution in [3.8, 4) is 11.5 Å². The second kappa shape index (κ2) is 12.7. The molecule has 228 valence electrons. The molecule has 0 unspecified atom stereocenters. The molecule has 0 N–H and O–H groups in total. The van der Waals surface area contributed by atoms with E-state index in [1.807, 2.05) is 0 Å². The van der Waals surface area contributed by atoms with Crippen molar-refractivity contribution in [2.24, 2.45) is 4.99 Å². The highest BCUT2D eigenvalue weighted by Crippen LogP contribution is 2.39. The Bertz CT molecular complexity index is 1930. The second-order valence-electron chi connectivity index (χ2n) is 9.37. The lowest BCUT2D eigenvalue weighted by atomic mass is 9.95. The molecule has 2 heterocycles. The third-order valence-corrected chi connectivity index (χ3v) is 7.86. The lowest BCUT2D eigenvalue weighted by molar-refractivity contribution is -0.140. The molecule has 0 spiro atoms. The third kappa shape index (κ3) is 6.13. The summed E-state index contributed by atoms with van der Waals surface area (Å²) in [6.45, 7) is 1.10. The van der Waals surface area contributed by atoms with E-state index in [4.69, 9.17) is 25.8 Å². The van der Waals surface area contributed by atoms with E-state index in [2.05, 4.69) is 4.99 Å². The quantitative estimate of drug-likeness (QED) is 0.181. The lowest BCUT2D eigenvalue weighted by Gasteiger charge is -2.26. The number of carbonyl (C=O) groups excluding carboxylic acids is 1. The first-order valence-corrected chi connectivity index (χ1v) is 14.3. The van der Waals surface area contributed by atoms with E-state index < -0.39 is 40.8 Å². The number of thiazole rings is 1. The number of fused-ring (bicyclic) bond motifs is 1. The van der Waals surface area contributed by atoms with Gasteiger partial charge < -0.3 is 14.2 Å². The van der Waals surface area contributed by atoms with E-state index in [9.17, 15) is 27.2 Å².